The minimum atomic E-state index is -3.50. The maximum atomic E-state index is 13.3. The minimum Gasteiger partial charge on any atom is -0.352 e. The summed E-state index contributed by atoms with van der Waals surface area (Å²) in [6.45, 7) is 9.35. The smallest absolute Gasteiger partial charge is 0.243 e. The van der Waals surface area contributed by atoms with Crippen LogP contribution < -0.4 is 5.32 Å². The minimum absolute atomic E-state index is 0.179. The molecule has 7 nitrogen and oxygen atoms in total. The van der Waals surface area contributed by atoms with Crippen LogP contribution in [0, 0.1) is 0 Å². The van der Waals surface area contributed by atoms with E-state index < -0.39 is 10.0 Å². The number of hydrogen-bond donors (Lipinski definition) is 1. The molecule has 2 fully saturated rings. The highest BCUT2D eigenvalue weighted by Crippen LogP contribution is 2.29. The fourth-order valence-electron chi connectivity index (χ4n) is 3.77. The molecule has 0 amide bonds. The Kier molecular flexibility index (Phi) is 7.14. The van der Waals surface area contributed by atoms with Crippen molar-refractivity contribution in [3.05, 3.63) is 29.8 Å². The summed E-state index contributed by atoms with van der Waals surface area (Å²) in [5.74, 6) is 1.88. The van der Waals surface area contributed by atoms with Crippen molar-refractivity contribution >= 4 is 27.7 Å². The molecule has 162 valence electrons. The van der Waals surface area contributed by atoms with Gasteiger partial charge in [-0.25, -0.2) is 8.42 Å². The monoisotopic (exact) mass is 439 g/mol. The number of guanidine groups is 1. The first-order chi connectivity index (χ1) is 13.7. The third-order valence-electron chi connectivity index (χ3n) is 5.43. The summed E-state index contributed by atoms with van der Waals surface area (Å²) in [7, 11) is 0.299. The van der Waals surface area contributed by atoms with E-state index in [0.717, 1.165) is 43.5 Å². The number of rotatable bonds is 4. The van der Waals surface area contributed by atoms with Crippen LogP contribution in [0.2, 0.25) is 0 Å². The van der Waals surface area contributed by atoms with Crippen molar-refractivity contribution in [2.45, 2.75) is 30.0 Å². The van der Waals surface area contributed by atoms with E-state index in [1.807, 2.05) is 30.9 Å². The molecule has 0 spiro atoms. The predicted octanol–water partition coefficient (Wildman–Crippen LogP) is 1.53. The summed E-state index contributed by atoms with van der Waals surface area (Å²) >= 11 is 1.98. The molecule has 0 saturated carbocycles. The van der Waals surface area contributed by atoms with Gasteiger partial charge >= 0.3 is 0 Å². The van der Waals surface area contributed by atoms with Crippen molar-refractivity contribution in [2.75, 3.05) is 59.1 Å². The third kappa shape index (κ3) is 5.45. The molecule has 1 N–H and O–H groups in total. The van der Waals surface area contributed by atoms with Crippen LogP contribution >= 0.6 is 11.8 Å². The van der Waals surface area contributed by atoms with E-state index in [9.17, 15) is 8.42 Å². The zero-order chi connectivity index (χ0) is 21.1. The third-order valence-corrected chi connectivity index (χ3v) is 8.72. The van der Waals surface area contributed by atoms with Gasteiger partial charge in [0.05, 0.1) is 4.90 Å². The molecular formula is C20H33N5O2S2. The van der Waals surface area contributed by atoms with Gasteiger partial charge in [0.15, 0.2) is 5.96 Å². The van der Waals surface area contributed by atoms with Crippen LogP contribution in [0.25, 0.3) is 0 Å². The Morgan fingerprint density at radius 1 is 1.17 bits per heavy atom. The molecular weight excluding hydrogens is 406 g/mol. The van der Waals surface area contributed by atoms with Gasteiger partial charge in [0.2, 0.25) is 10.0 Å². The van der Waals surface area contributed by atoms with Gasteiger partial charge in [-0.3, -0.25) is 4.99 Å². The molecule has 2 aliphatic heterocycles. The van der Waals surface area contributed by atoms with Crippen LogP contribution in [0.4, 0.5) is 0 Å². The van der Waals surface area contributed by atoms with E-state index in [-0.39, 0.29) is 4.75 Å². The van der Waals surface area contributed by atoms with Gasteiger partial charge in [-0.15, -0.1) is 0 Å². The Balaban J connectivity index is 1.74. The van der Waals surface area contributed by atoms with Gasteiger partial charge in [0.25, 0.3) is 0 Å². The van der Waals surface area contributed by atoms with Crippen LogP contribution in [0.3, 0.4) is 0 Å². The number of thioether (sulfide) groups is 1. The molecule has 1 aromatic carbocycles. The first kappa shape index (κ1) is 22.4. The molecule has 0 atom stereocenters. The molecule has 0 aliphatic carbocycles. The van der Waals surface area contributed by atoms with Crippen molar-refractivity contribution in [2.24, 2.45) is 4.99 Å². The van der Waals surface area contributed by atoms with Gasteiger partial charge in [0.1, 0.15) is 0 Å². The maximum absolute atomic E-state index is 13.3. The van der Waals surface area contributed by atoms with Crippen molar-refractivity contribution < 1.29 is 8.42 Å². The SMILES string of the molecule is CN=C(NCc1ccccc1S(=O)(=O)N1CCN(C)CC1)N1CCSC(C)(C)C1. The first-order valence-corrected chi connectivity index (χ1v) is 12.5. The molecule has 1 aromatic rings. The number of hydrogen-bond acceptors (Lipinski definition) is 5. The number of sulfonamides is 1. The van der Waals surface area contributed by atoms with Crippen LogP contribution in [0.1, 0.15) is 19.4 Å². The average molecular weight is 440 g/mol. The van der Waals surface area contributed by atoms with Gasteiger partial charge in [-0.2, -0.15) is 16.1 Å². The Hall–Kier alpha value is -1.29. The standard InChI is InChI=1S/C20H33N5O2S2/c1-20(2)16-24(13-14-28-20)19(21-3)22-15-17-7-5-6-8-18(17)29(26,27)25-11-9-23(4)10-12-25/h5-8H,9-16H2,1-4H3,(H,21,22). The lowest BCUT2D eigenvalue weighted by atomic mass is 10.2. The second kappa shape index (κ2) is 9.24. The van der Waals surface area contributed by atoms with Crippen LogP contribution in [-0.2, 0) is 16.6 Å². The number of piperazine rings is 1. The van der Waals surface area contributed by atoms with Crippen molar-refractivity contribution in [1.29, 1.82) is 0 Å². The van der Waals surface area contributed by atoms with Gasteiger partial charge in [-0.1, -0.05) is 18.2 Å². The second-order valence-corrected chi connectivity index (χ2v) is 12.0. The summed E-state index contributed by atoms with van der Waals surface area (Å²) in [4.78, 5) is 9.24. The lowest BCUT2D eigenvalue weighted by Crippen LogP contribution is -2.50. The fourth-order valence-corrected chi connectivity index (χ4v) is 6.53. The second-order valence-electron chi connectivity index (χ2n) is 8.25. The van der Waals surface area contributed by atoms with E-state index in [1.54, 1.807) is 23.5 Å². The summed E-state index contributed by atoms with van der Waals surface area (Å²) in [6, 6.07) is 7.29. The summed E-state index contributed by atoms with van der Waals surface area (Å²) < 4.78 is 28.3. The Labute approximate surface area is 179 Å². The molecule has 2 aliphatic rings. The zero-order valence-electron chi connectivity index (χ0n) is 17.9. The summed E-state index contributed by atoms with van der Waals surface area (Å²) in [5.41, 5.74) is 0.776. The molecule has 3 rings (SSSR count). The molecule has 9 heteroatoms. The Morgan fingerprint density at radius 3 is 2.52 bits per heavy atom. The van der Waals surface area contributed by atoms with E-state index in [4.69, 9.17) is 0 Å². The highest BCUT2D eigenvalue weighted by molar-refractivity contribution is 8.00. The number of likely N-dealkylation sites (N-methyl/N-ethyl adjacent to an activating group) is 1. The van der Waals surface area contributed by atoms with Gasteiger partial charge in [0, 0.05) is 63.4 Å². The van der Waals surface area contributed by atoms with Crippen molar-refractivity contribution in [3.63, 3.8) is 0 Å². The maximum Gasteiger partial charge on any atom is 0.243 e. The fraction of sp³-hybridized carbons (Fsp3) is 0.650. The Bertz CT molecular complexity index is 833. The molecule has 0 bridgehead atoms. The quantitative estimate of drug-likeness (QED) is 0.567. The lowest BCUT2D eigenvalue weighted by Gasteiger charge is -2.39. The molecule has 0 radical (unpaired) electrons. The zero-order valence-corrected chi connectivity index (χ0v) is 19.5. The van der Waals surface area contributed by atoms with E-state index in [0.29, 0.717) is 24.5 Å². The van der Waals surface area contributed by atoms with Gasteiger partial charge in [-0.05, 0) is 32.5 Å². The van der Waals surface area contributed by atoms with E-state index >= 15 is 0 Å². The van der Waals surface area contributed by atoms with Crippen LogP contribution in [0.15, 0.2) is 34.2 Å². The lowest BCUT2D eigenvalue weighted by molar-refractivity contribution is 0.222. The summed E-state index contributed by atoms with van der Waals surface area (Å²) in [6.07, 6.45) is 0. The number of benzene rings is 1. The van der Waals surface area contributed by atoms with Crippen LogP contribution in [-0.4, -0.2) is 92.3 Å². The molecule has 2 saturated heterocycles. The normalized spacial score (nSPS) is 21.9. The summed E-state index contributed by atoms with van der Waals surface area (Å²) in [5, 5.41) is 3.39. The van der Waals surface area contributed by atoms with Crippen molar-refractivity contribution in [3.8, 4) is 0 Å². The van der Waals surface area contributed by atoms with Crippen LogP contribution in [0.5, 0.6) is 0 Å². The Morgan fingerprint density at radius 2 is 1.86 bits per heavy atom. The van der Waals surface area contributed by atoms with E-state index in [2.05, 4.69) is 34.0 Å². The number of nitrogens with one attached hydrogen (secondary N) is 1. The highest BCUT2D eigenvalue weighted by Gasteiger charge is 2.30. The topological polar surface area (TPSA) is 68.2 Å². The molecule has 0 unspecified atom stereocenters. The molecule has 2 heterocycles. The predicted molar refractivity (Wildman–Crippen MR) is 121 cm³/mol. The largest absolute Gasteiger partial charge is 0.352 e. The van der Waals surface area contributed by atoms with Gasteiger partial charge < -0.3 is 15.1 Å². The molecule has 29 heavy (non-hydrogen) atoms. The van der Waals surface area contributed by atoms with E-state index in [1.165, 1.54) is 0 Å². The number of nitrogens with zero attached hydrogens (tertiary/aromatic N) is 4. The average Bonchev–Trinajstić information content (AvgIpc) is 2.68. The first-order valence-electron chi connectivity index (χ1n) is 10.1. The number of aliphatic imine (C=N–C) groups is 1. The molecule has 0 aromatic heterocycles. The van der Waals surface area contributed by atoms with Crippen molar-refractivity contribution in [1.82, 2.24) is 19.4 Å². The highest BCUT2D eigenvalue weighted by atomic mass is 32.2.